The number of halogens is 2. The topological polar surface area (TPSA) is 128 Å². The van der Waals surface area contributed by atoms with Gasteiger partial charge in [-0.1, -0.05) is 79.8 Å². The van der Waals surface area contributed by atoms with Crippen molar-refractivity contribution in [3.8, 4) is 59.9 Å². The average Bonchev–Trinajstić information content (AvgIpc) is 3.23. The van der Waals surface area contributed by atoms with Crippen LogP contribution in [0.3, 0.4) is 0 Å². The summed E-state index contributed by atoms with van der Waals surface area (Å²) in [7, 11) is 0. The van der Waals surface area contributed by atoms with Gasteiger partial charge in [0.25, 0.3) is 0 Å². The van der Waals surface area contributed by atoms with Crippen LogP contribution < -0.4 is 0 Å². The molecule has 260 valence electrons. The first-order valence-corrected chi connectivity index (χ1v) is 17.8. The van der Waals surface area contributed by atoms with E-state index in [1.807, 2.05) is 24.3 Å². The maximum atomic E-state index is 9.27. The van der Waals surface area contributed by atoms with E-state index in [1.54, 1.807) is 72.8 Å². The molecule has 0 radical (unpaired) electrons. The molecule has 5 rings (SSSR count). The number of nitriles is 5. The van der Waals surface area contributed by atoms with Crippen LogP contribution in [0.1, 0.15) is 55.6 Å². The summed E-state index contributed by atoms with van der Waals surface area (Å²) in [5.41, 5.74) is 8.60. The van der Waals surface area contributed by atoms with Crippen LogP contribution in [0.25, 0.3) is 9.69 Å². The second kappa shape index (κ2) is 23.1. The first-order chi connectivity index (χ1) is 27.2. The number of benzene rings is 5. The van der Waals surface area contributed by atoms with E-state index in [0.717, 1.165) is 42.3 Å². The average molecular weight is 847 g/mol. The third-order valence-corrected chi connectivity index (χ3v) is 8.93. The molecule has 0 amide bonds. The molecule has 5 aromatic rings. The number of hydrogen-bond acceptors (Lipinski definition) is 5. The van der Waals surface area contributed by atoms with Gasteiger partial charge in [-0.2, -0.15) is 26.3 Å². The van der Waals surface area contributed by atoms with Crippen LogP contribution in [0.5, 0.6) is 0 Å². The summed E-state index contributed by atoms with van der Waals surface area (Å²) in [4.78, 5) is 6.57. The molecule has 56 heavy (non-hydrogen) atoms. The van der Waals surface area contributed by atoms with E-state index in [4.69, 9.17) is 35.4 Å². The van der Waals surface area contributed by atoms with Crippen LogP contribution in [-0.4, -0.2) is 0 Å². The van der Waals surface area contributed by atoms with Crippen LogP contribution in [-0.2, 0) is 25.7 Å². The van der Waals surface area contributed by atoms with Crippen molar-refractivity contribution >= 4 is 43.2 Å². The Hall–Kier alpha value is -7.61. The van der Waals surface area contributed by atoms with Crippen molar-refractivity contribution in [1.82, 2.24) is 0 Å². The van der Waals surface area contributed by atoms with E-state index in [2.05, 4.69) is 101 Å². The zero-order chi connectivity index (χ0) is 40.7. The van der Waals surface area contributed by atoms with Gasteiger partial charge >= 0.3 is 59.3 Å². The Kier molecular flexibility index (Phi) is 17.7. The summed E-state index contributed by atoms with van der Waals surface area (Å²) in [5.74, 6) is 14.5. The van der Waals surface area contributed by atoms with Crippen molar-refractivity contribution < 1.29 is 0 Å². The zero-order valence-corrected chi connectivity index (χ0v) is 32.6. The summed E-state index contributed by atoms with van der Waals surface area (Å²) in [6.45, 7) is 13.7. The van der Waals surface area contributed by atoms with Crippen LogP contribution in [0.15, 0.2) is 106 Å². The predicted molar refractivity (Wildman–Crippen MR) is 220 cm³/mol. The van der Waals surface area contributed by atoms with E-state index in [0.29, 0.717) is 46.5 Å². The van der Waals surface area contributed by atoms with Crippen LogP contribution >= 0.6 is 31.9 Å². The fraction of sp³-hybridized carbons (Fsp3) is 0.0851. The number of nitrogens with zero attached hydrogens (tertiary/aromatic N) is 7. The molecule has 5 aromatic carbocycles. The van der Waals surface area contributed by atoms with E-state index >= 15 is 0 Å². The molecule has 0 aromatic heterocycles. The van der Waals surface area contributed by atoms with Gasteiger partial charge in [0.2, 0.25) is 0 Å². The minimum Gasteiger partial charge on any atom is -0.238 e. The number of hydrogen-bond donors (Lipinski definition) is 0. The standard InChI is InChI=1S/C28H14N4.C10H6Br2N2.C9H4N/c1-32-28-12-8-22(9-13-28)7-11-25-19-26(14-16-29)24(18-27(25)15-17-30)10-6-21-2-4-23(20-31)5-3-21;11-9-6-8(2-4-14)10(12)5-7(9)1-3-13;1-3-8-4-6-9(10-2)7-5-8/h2-5,8-9,12-13,18-19H,14-15H2;5-6H,1-2H2;4-7H/q;;+1. The van der Waals surface area contributed by atoms with Gasteiger partial charge in [0.1, 0.15) is 0 Å². The minimum atomic E-state index is 0.165. The fourth-order valence-electron chi connectivity index (χ4n) is 4.60. The normalized spacial score (nSPS) is 8.80. The summed E-state index contributed by atoms with van der Waals surface area (Å²) in [6.07, 6.45) is 7.81. The van der Waals surface area contributed by atoms with E-state index in [9.17, 15) is 10.5 Å². The van der Waals surface area contributed by atoms with Crippen molar-refractivity contribution in [3.05, 3.63) is 191 Å². The molecule has 0 bridgehead atoms. The van der Waals surface area contributed by atoms with Crippen LogP contribution in [0.4, 0.5) is 11.4 Å². The molecule has 0 saturated carbocycles. The van der Waals surface area contributed by atoms with Crippen molar-refractivity contribution in [2.45, 2.75) is 25.7 Å². The third-order valence-electron chi connectivity index (χ3n) is 7.46. The Bertz CT molecular complexity index is 2500. The van der Waals surface area contributed by atoms with Gasteiger partial charge in [0.15, 0.2) is 5.69 Å². The molecule has 0 aliphatic rings. The molecule has 0 aliphatic heterocycles. The Balaban J connectivity index is 0.000000285. The number of rotatable bonds is 4. The summed E-state index contributed by atoms with van der Waals surface area (Å²) in [5, 5.41) is 44.6. The van der Waals surface area contributed by atoms with Crippen LogP contribution in [0, 0.1) is 106 Å². The molecule has 7 nitrogen and oxygen atoms in total. The van der Waals surface area contributed by atoms with Gasteiger partial charge in [0.05, 0.1) is 68.2 Å². The maximum Gasteiger partial charge on any atom is 0.187 e. The molecule has 0 atom stereocenters. The quantitative estimate of drug-likeness (QED) is 0.131. The molecule has 0 aliphatic carbocycles. The molecule has 9 heteroatoms. The van der Waals surface area contributed by atoms with Gasteiger partial charge < -0.3 is 0 Å². The molecule has 0 heterocycles. The van der Waals surface area contributed by atoms with E-state index in [1.165, 1.54) is 0 Å². The SMILES string of the molecule is N#CCc1cc(Br)c(CC#N)cc1Br.[C+]#Cc1ccc([N+]#[C-])cc1.[C-]#[N+]c1ccc(C#Cc2cc(CC#N)c(C#Cc3ccc(C#N)cc3)cc2CC#N)cc1. The second-order valence-corrected chi connectivity index (χ2v) is 12.9. The molecule has 0 N–H and O–H groups in total. The van der Waals surface area contributed by atoms with Crippen LogP contribution in [0.2, 0.25) is 0 Å². The Labute approximate surface area is 344 Å². The predicted octanol–water partition coefficient (Wildman–Crippen LogP) is 10.6. The second-order valence-electron chi connectivity index (χ2n) is 11.2. The third kappa shape index (κ3) is 13.4. The van der Waals surface area contributed by atoms with Crippen molar-refractivity contribution in [3.63, 3.8) is 0 Å². The summed E-state index contributed by atoms with van der Waals surface area (Å²) >= 11 is 6.74. The minimum absolute atomic E-state index is 0.165. The fourth-order valence-corrected chi connectivity index (χ4v) is 5.66. The van der Waals surface area contributed by atoms with E-state index in [-0.39, 0.29) is 12.8 Å². The maximum absolute atomic E-state index is 9.27. The van der Waals surface area contributed by atoms with Crippen molar-refractivity contribution in [1.29, 1.82) is 26.3 Å². The first-order valence-electron chi connectivity index (χ1n) is 16.2. The monoisotopic (exact) mass is 844 g/mol. The molecule has 0 saturated heterocycles. The molecule has 0 fully saturated rings. The first kappa shape index (κ1) is 42.8. The Morgan fingerprint density at radius 1 is 0.464 bits per heavy atom. The summed E-state index contributed by atoms with van der Waals surface area (Å²) in [6, 6.07) is 38.6. The smallest absolute Gasteiger partial charge is 0.187 e. The van der Waals surface area contributed by atoms with E-state index < -0.39 is 0 Å². The molecule has 0 unspecified atom stereocenters. The molecular formula is C47H24Br2N7+. The Morgan fingerprint density at radius 2 is 0.804 bits per heavy atom. The van der Waals surface area contributed by atoms with Gasteiger partial charge in [0, 0.05) is 31.2 Å². The van der Waals surface area contributed by atoms with Gasteiger partial charge in [-0.25, -0.2) is 4.85 Å². The van der Waals surface area contributed by atoms with Gasteiger partial charge in [-0.3, -0.25) is 0 Å². The zero-order valence-electron chi connectivity index (χ0n) is 29.5. The van der Waals surface area contributed by atoms with Gasteiger partial charge in [-0.05, 0) is 70.8 Å². The molecular weight excluding hydrogens is 822 g/mol. The summed E-state index contributed by atoms with van der Waals surface area (Å²) < 4.78 is 1.76. The molecule has 0 spiro atoms. The van der Waals surface area contributed by atoms with Crippen molar-refractivity contribution in [2.75, 3.05) is 0 Å². The van der Waals surface area contributed by atoms with Crippen molar-refractivity contribution in [2.24, 2.45) is 0 Å². The van der Waals surface area contributed by atoms with Gasteiger partial charge in [-0.15, -0.1) is 0 Å². The Morgan fingerprint density at radius 3 is 1.14 bits per heavy atom. The largest absolute Gasteiger partial charge is 0.238 e.